The third-order valence-corrected chi connectivity index (χ3v) is 4.01. The lowest BCUT2D eigenvalue weighted by atomic mass is 10.1. The Labute approximate surface area is 112 Å². The lowest BCUT2D eigenvalue weighted by molar-refractivity contribution is 0.0765. The fourth-order valence-electron chi connectivity index (χ4n) is 2.70. The highest BCUT2D eigenvalue weighted by Gasteiger charge is 2.25. The maximum atomic E-state index is 12.4. The van der Waals surface area contributed by atoms with Gasteiger partial charge in [-0.3, -0.25) is 4.79 Å². The summed E-state index contributed by atoms with van der Waals surface area (Å²) in [6.45, 7) is 5.18. The molecule has 4 nitrogen and oxygen atoms in total. The number of benzene rings is 1. The van der Waals surface area contributed by atoms with Gasteiger partial charge in [0.1, 0.15) is 0 Å². The van der Waals surface area contributed by atoms with Crippen molar-refractivity contribution in [2.45, 2.75) is 26.4 Å². The first-order valence-electron chi connectivity index (χ1n) is 6.62. The van der Waals surface area contributed by atoms with Crippen LogP contribution in [0.25, 0.3) is 10.9 Å². The number of aryl methyl sites for hydroxylation is 2. The van der Waals surface area contributed by atoms with E-state index in [1.807, 2.05) is 25.1 Å². The Balaban J connectivity index is 1.96. The molecule has 3 rings (SSSR count). The molecule has 2 aromatic rings. The number of nitrogens with zero attached hydrogens (tertiary/aromatic N) is 1. The first-order chi connectivity index (χ1) is 9.06. The van der Waals surface area contributed by atoms with Crippen LogP contribution in [0.2, 0.25) is 0 Å². The molecular formula is C15H18N2O2. The smallest absolute Gasteiger partial charge is 0.253 e. The van der Waals surface area contributed by atoms with Crippen LogP contribution < -0.4 is 0 Å². The lowest BCUT2D eigenvalue weighted by Gasteiger charge is -2.15. The Kier molecular flexibility index (Phi) is 2.82. The van der Waals surface area contributed by atoms with Crippen LogP contribution in [-0.4, -0.2) is 40.1 Å². The van der Waals surface area contributed by atoms with Crippen molar-refractivity contribution in [2.24, 2.45) is 0 Å². The maximum Gasteiger partial charge on any atom is 0.253 e. The van der Waals surface area contributed by atoms with Gasteiger partial charge in [0.2, 0.25) is 0 Å². The predicted octanol–water partition coefficient (Wildman–Crippen LogP) is 1.99. The molecule has 2 N–H and O–H groups in total. The van der Waals surface area contributed by atoms with E-state index >= 15 is 0 Å². The van der Waals surface area contributed by atoms with Crippen LogP contribution in [0.15, 0.2) is 18.2 Å². The van der Waals surface area contributed by atoms with Crippen LogP contribution in [0.3, 0.4) is 0 Å². The highest BCUT2D eigenvalue weighted by Crippen LogP contribution is 2.23. The molecule has 1 unspecified atom stereocenters. The van der Waals surface area contributed by atoms with Crippen molar-refractivity contribution < 1.29 is 9.90 Å². The topological polar surface area (TPSA) is 56.3 Å². The second kappa shape index (κ2) is 4.38. The highest BCUT2D eigenvalue weighted by atomic mass is 16.3. The number of fused-ring (bicyclic) bond motifs is 1. The SMILES string of the molecule is Cc1[nH]c2ccc(C(=O)N3CCC(O)C3)cc2c1C. The summed E-state index contributed by atoms with van der Waals surface area (Å²) >= 11 is 0. The summed E-state index contributed by atoms with van der Waals surface area (Å²) in [4.78, 5) is 17.4. The average molecular weight is 258 g/mol. The van der Waals surface area contributed by atoms with Crippen LogP contribution in [0, 0.1) is 13.8 Å². The van der Waals surface area contributed by atoms with E-state index in [1.165, 1.54) is 5.56 Å². The number of carbonyl (C=O) groups is 1. The normalized spacial score (nSPS) is 19.3. The van der Waals surface area contributed by atoms with Gasteiger partial charge in [-0.2, -0.15) is 0 Å². The molecule has 1 amide bonds. The van der Waals surface area contributed by atoms with Crippen molar-refractivity contribution in [1.82, 2.24) is 9.88 Å². The summed E-state index contributed by atoms with van der Waals surface area (Å²) in [5.41, 5.74) is 4.08. The number of hydrogen-bond acceptors (Lipinski definition) is 2. The Morgan fingerprint density at radius 3 is 2.89 bits per heavy atom. The summed E-state index contributed by atoms with van der Waals surface area (Å²) in [6.07, 6.45) is 0.305. The molecule has 0 aliphatic carbocycles. The fourth-order valence-corrected chi connectivity index (χ4v) is 2.70. The molecule has 1 aliphatic heterocycles. The molecule has 4 heteroatoms. The zero-order chi connectivity index (χ0) is 13.6. The monoisotopic (exact) mass is 258 g/mol. The standard InChI is InChI=1S/C15H18N2O2/c1-9-10(2)16-14-4-3-11(7-13(9)14)15(19)17-6-5-12(18)8-17/h3-4,7,12,16,18H,5-6,8H2,1-2H3. The zero-order valence-electron chi connectivity index (χ0n) is 11.2. The first kappa shape index (κ1) is 12.2. The minimum atomic E-state index is -0.371. The quantitative estimate of drug-likeness (QED) is 0.822. The third-order valence-electron chi connectivity index (χ3n) is 4.01. The Morgan fingerprint density at radius 2 is 2.21 bits per heavy atom. The number of aliphatic hydroxyl groups is 1. The molecule has 19 heavy (non-hydrogen) atoms. The zero-order valence-corrected chi connectivity index (χ0v) is 11.2. The Bertz CT molecular complexity index is 645. The van der Waals surface area contributed by atoms with E-state index in [9.17, 15) is 9.90 Å². The number of rotatable bonds is 1. The van der Waals surface area contributed by atoms with Gasteiger partial charge in [-0.15, -0.1) is 0 Å². The summed E-state index contributed by atoms with van der Waals surface area (Å²) in [6, 6.07) is 5.75. The van der Waals surface area contributed by atoms with E-state index in [0.29, 0.717) is 25.1 Å². The van der Waals surface area contributed by atoms with Gasteiger partial charge in [0.05, 0.1) is 6.10 Å². The number of aromatic amines is 1. The summed E-state index contributed by atoms with van der Waals surface area (Å²) < 4.78 is 0. The molecule has 1 atom stereocenters. The van der Waals surface area contributed by atoms with Crippen LogP contribution in [0.1, 0.15) is 28.0 Å². The molecule has 1 aromatic carbocycles. The van der Waals surface area contributed by atoms with E-state index in [-0.39, 0.29) is 12.0 Å². The molecule has 0 bridgehead atoms. The van der Waals surface area contributed by atoms with Crippen LogP contribution in [0.4, 0.5) is 0 Å². The first-order valence-corrected chi connectivity index (χ1v) is 6.62. The molecule has 1 saturated heterocycles. The van der Waals surface area contributed by atoms with Gasteiger partial charge in [-0.1, -0.05) is 0 Å². The van der Waals surface area contributed by atoms with Gasteiger partial charge in [0.25, 0.3) is 5.91 Å². The largest absolute Gasteiger partial charge is 0.391 e. The Hall–Kier alpha value is -1.81. The summed E-state index contributed by atoms with van der Waals surface area (Å²) in [5.74, 6) is 0.0108. The van der Waals surface area contributed by atoms with Gasteiger partial charge < -0.3 is 15.0 Å². The number of aromatic nitrogens is 1. The van der Waals surface area contributed by atoms with Crippen LogP contribution in [-0.2, 0) is 0 Å². The fraction of sp³-hybridized carbons (Fsp3) is 0.400. The number of amides is 1. The maximum absolute atomic E-state index is 12.4. The number of nitrogens with one attached hydrogen (secondary N) is 1. The number of hydrogen-bond donors (Lipinski definition) is 2. The van der Waals surface area contributed by atoms with E-state index in [1.54, 1.807) is 4.90 Å². The van der Waals surface area contributed by atoms with Gasteiger partial charge >= 0.3 is 0 Å². The van der Waals surface area contributed by atoms with E-state index in [4.69, 9.17) is 0 Å². The van der Waals surface area contributed by atoms with Crippen molar-refractivity contribution in [3.63, 3.8) is 0 Å². The number of likely N-dealkylation sites (tertiary alicyclic amines) is 1. The van der Waals surface area contributed by atoms with Crippen molar-refractivity contribution in [3.8, 4) is 0 Å². The molecule has 0 spiro atoms. The number of β-amino-alcohol motifs (C(OH)–C–C–N with tert-alkyl or cyclic N) is 1. The molecule has 1 aromatic heterocycles. The van der Waals surface area contributed by atoms with Crippen LogP contribution in [0.5, 0.6) is 0 Å². The molecule has 2 heterocycles. The Morgan fingerprint density at radius 1 is 1.42 bits per heavy atom. The minimum absolute atomic E-state index is 0.0108. The van der Waals surface area contributed by atoms with Crippen molar-refractivity contribution in [3.05, 3.63) is 35.0 Å². The lowest BCUT2D eigenvalue weighted by Crippen LogP contribution is -2.29. The molecule has 1 aliphatic rings. The van der Waals surface area contributed by atoms with Gasteiger partial charge in [-0.25, -0.2) is 0 Å². The van der Waals surface area contributed by atoms with E-state index < -0.39 is 0 Å². The van der Waals surface area contributed by atoms with E-state index in [0.717, 1.165) is 16.6 Å². The van der Waals surface area contributed by atoms with Crippen LogP contribution >= 0.6 is 0 Å². The molecule has 1 fully saturated rings. The van der Waals surface area contributed by atoms with Crippen molar-refractivity contribution in [1.29, 1.82) is 0 Å². The number of H-pyrrole nitrogens is 1. The predicted molar refractivity (Wildman–Crippen MR) is 74.3 cm³/mol. The molecule has 0 saturated carbocycles. The second-order valence-corrected chi connectivity index (χ2v) is 5.33. The van der Waals surface area contributed by atoms with Crippen molar-refractivity contribution in [2.75, 3.05) is 13.1 Å². The average Bonchev–Trinajstić information content (AvgIpc) is 2.94. The molecular weight excluding hydrogens is 240 g/mol. The summed E-state index contributed by atoms with van der Waals surface area (Å²) in [5, 5.41) is 10.6. The molecule has 100 valence electrons. The van der Waals surface area contributed by atoms with Gasteiger partial charge in [0, 0.05) is 35.2 Å². The van der Waals surface area contributed by atoms with E-state index in [2.05, 4.69) is 11.9 Å². The third kappa shape index (κ3) is 2.02. The summed E-state index contributed by atoms with van der Waals surface area (Å²) in [7, 11) is 0. The number of carbonyl (C=O) groups excluding carboxylic acids is 1. The van der Waals surface area contributed by atoms with Crippen molar-refractivity contribution >= 4 is 16.8 Å². The minimum Gasteiger partial charge on any atom is -0.391 e. The van der Waals surface area contributed by atoms with Gasteiger partial charge in [0.15, 0.2) is 0 Å². The second-order valence-electron chi connectivity index (χ2n) is 5.33. The highest BCUT2D eigenvalue weighted by molar-refractivity contribution is 5.99. The number of aliphatic hydroxyl groups excluding tert-OH is 1. The molecule has 0 radical (unpaired) electrons. The van der Waals surface area contributed by atoms with Gasteiger partial charge in [-0.05, 0) is 44.0 Å².